The molecule has 2 unspecified atom stereocenters. The summed E-state index contributed by atoms with van der Waals surface area (Å²) in [6, 6.07) is 2.66. The highest BCUT2D eigenvalue weighted by molar-refractivity contribution is 6.08. The Hall–Kier alpha value is -1.91. The molecule has 0 bridgehead atoms. The number of carbonyl (C=O) groups is 2. The van der Waals surface area contributed by atoms with Crippen molar-refractivity contribution >= 4 is 17.5 Å². The first-order valence-corrected chi connectivity index (χ1v) is 6.59. The summed E-state index contributed by atoms with van der Waals surface area (Å²) < 4.78 is 0. The van der Waals surface area contributed by atoms with Crippen LogP contribution in [-0.2, 0) is 9.59 Å². The second-order valence-electron chi connectivity index (χ2n) is 5.07. The summed E-state index contributed by atoms with van der Waals surface area (Å²) in [5.74, 6) is -0.0902. The van der Waals surface area contributed by atoms with E-state index in [1.165, 1.54) is 0 Å². The smallest absolute Gasteiger partial charge is 0.250 e. The molecule has 5 nitrogen and oxygen atoms in total. The van der Waals surface area contributed by atoms with E-state index in [0.29, 0.717) is 12.1 Å². The van der Waals surface area contributed by atoms with Gasteiger partial charge in [0.2, 0.25) is 5.91 Å². The van der Waals surface area contributed by atoms with Crippen molar-refractivity contribution in [3.05, 3.63) is 24.5 Å². The summed E-state index contributed by atoms with van der Waals surface area (Å²) in [5.41, 5.74) is 0.680. The first-order valence-electron chi connectivity index (χ1n) is 6.59. The van der Waals surface area contributed by atoms with Crippen LogP contribution in [0.4, 0.5) is 5.69 Å². The molecule has 2 atom stereocenters. The SMILES string of the molecule is CCC1C(=O)NC(C(C)C)C(=O)N1c1cccnc1. The maximum absolute atomic E-state index is 12.6. The number of nitrogens with zero attached hydrogens (tertiary/aromatic N) is 2. The van der Waals surface area contributed by atoms with Gasteiger partial charge in [0.25, 0.3) is 5.91 Å². The van der Waals surface area contributed by atoms with Crippen LogP contribution in [0.3, 0.4) is 0 Å². The van der Waals surface area contributed by atoms with Crippen molar-refractivity contribution in [2.45, 2.75) is 39.3 Å². The van der Waals surface area contributed by atoms with Crippen LogP contribution in [0.15, 0.2) is 24.5 Å². The van der Waals surface area contributed by atoms with E-state index in [-0.39, 0.29) is 17.7 Å². The lowest BCUT2D eigenvalue weighted by atomic mass is 9.96. The molecule has 19 heavy (non-hydrogen) atoms. The maximum Gasteiger partial charge on any atom is 0.250 e. The van der Waals surface area contributed by atoms with Crippen LogP contribution in [0.1, 0.15) is 27.2 Å². The molecule has 1 aliphatic heterocycles. The molecule has 0 aromatic carbocycles. The summed E-state index contributed by atoms with van der Waals surface area (Å²) in [6.45, 7) is 5.75. The maximum atomic E-state index is 12.6. The zero-order valence-electron chi connectivity index (χ0n) is 11.5. The molecule has 1 N–H and O–H groups in total. The molecular formula is C14H19N3O2. The van der Waals surface area contributed by atoms with E-state index in [2.05, 4.69) is 10.3 Å². The van der Waals surface area contributed by atoms with E-state index in [1.54, 1.807) is 23.4 Å². The molecule has 1 aliphatic rings. The van der Waals surface area contributed by atoms with E-state index in [4.69, 9.17) is 0 Å². The molecule has 2 amide bonds. The fraction of sp³-hybridized carbons (Fsp3) is 0.500. The molecule has 0 aliphatic carbocycles. The molecule has 1 saturated heterocycles. The number of hydrogen-bond donors (Lipinski definition) is 1. The van der Waals surface area contributed by atoms with Gasteiger partial charge in [-0.25, -0.2) is 0 Å². The number of rotatable bonds is 3. The predicted molar refractivity (Wildman–Crippen MR) is 72.6 cm³/mol. The first-order chi connectivity index (χ1) is 9.06. The Morgan fingerprint density at radius 3 is 2.68 bits per heavy atom. The van der Waals surface area contributed by atoms with E-state index >= 15 is 0 Å². The van der Waals surface area contributed by atoms with E-state index in [0.717, 1.165) is 0 Å². The van der Waals surface area contributed by atoms with Crippen LogP contribution in [0.2, 0.25) is 0 Å². The highest BCUT2D eigenvalue weighted by Gasteiger charge is 2.41. The molecule has 0 radical (unpaired) electrons. The van der Waals surface area contributed by atoms with Crippen LogP contribution in [0.25, 0.3) is 0 Å². The predicted octanol–water partition coefficient (Wildman–Crippen LogP) is 1.35. The average Bonchev–Trinajstić information content (AvgIpc) is 2.41. The largest absolute Gasteiger partial charge is 0.342 e. The van der Waals surface area contributed by atoms with Gasteiger partial charge < -0.3 is 5.32 Å². The molecule has 1 aromatic rings. The second-order valence-corrected chi connectivity index (χ2v) is 5.07. The Morgan fingerprint density at radius 2 is 2.16 bits per heavy atom. The number of amides is 2. The normalized spacial score (nSPS) is 23.7. The monoisotopic (exact) mass is 261 g/mol. The molecule has 1 aromatic heterocycles. The zero-order chi connectivity index (χ0) is 14.0. The fourth-order valence-corrected chi connectivity index (χ4v) is 2.36. The number of piperazine rings is 1. The topological polar surface area (TPSA) is 62.3 Å². The molecule has 0 spiro atoms. The van der Waals surface area contributed by atoms with Gasteiger partial charge >= 0.3 is 0 Å². The lowest BCUT2D eigenvalue weighted by molar-refractivity contribution is -0.134. The van der Waals surface area contributed by atoms with Gasteiger partial charge in [-0.3, -0.25) is 19.5 Å². The fourth-order valence-electron chi connectivity index (χ4n) is 2.36. The van der Waals surface area contributed by atoms with Gasteiger partial charge in [0, 0.05) is 6.20 Å². The average molecular weight is 261 g/mol. The zero-order valence-corrected chi connectivity index (χ0v) is 11.5. The Bertz CT molecular complexity index is 473. The molecule has 2 rings (SSSR count). The summed E-state index contributed by atoms with van der Waals surface area (Å²) in [4.78, 5) is 30.3. The Balaban J connectivity index is 2.40. The molecule has 1 fully saturated rings. The number of anilines is 1. The van der Waals surface area contributed by atoms with E-state index in [1.807, 2.05) is 26.8 Å². The molecule has 2 heterocycles. The third kappa shape index (κ3) is 2.45. The van der Waals surface area contributed by atoms with Gasteiger partial charge in [0.15, 0.2) is 0 Å². The molecule has 5 heteroatoms. The number of nitrogens with one attached hydrogen (secondary N) is 1. The van der Waals surface area contributed by atoms with Crippen molar-refractivity contribution in [2.75, 3.05) is 4.90 Å². The van der Waals surface area contributed by atoms with Crippen LogP contribution in [0, 0.1) is 5.92 Å². The standard InChI is InChI=1S/C14H19N3O2/c1-4-11-13(18)16-12(9(2)3)14(19)17(11)10-6-5-7-15-8-10/h5-9,11-12H,4H2,1-3H3,(H,16,18). The first kappa shape index (κ1) is 13.5. The molecular weight excluding hydrogens is 242 g/mol. The molecule has 102 valence electrons. The van der Waals surface area contributed by atoms with Gasteiger partial charge in [0.1, 0.15) is 12.1 Å². The minimum atomic E-state index is -0.462. The van der Waals surface area contributed by atoms with Crippen molar-refractivity contribution in [2.24, 2.45) is 5.92 Å². The minimum absolute atomic E-state index is 0.0607. The third-order valence-corrected chi connectivity index (χ3v) is 3.39. The molecule has 0 saturated carbocycles. The summed E-state index contributed by atoms with van der Waals surface area (Å²) in [5, 5.41) is 2.82. The van der Waals surface area contributed by atoms with Crippen molar-refractivity contribution in [3.63, 3.8) is 0 Å². The van der Waals surface area contributed by atoms with Gasteiger partial charge in [-0.2, -0.15) is 0 Å². The van der Waals surface area contributed by atoms with Crippen LogP contribution in [0.5, 0.6) is 0 Å². The van der Waals surface area contributed by atoms with Crippen molar-refractivity contribution in [1.82, 2.24) is 10.3 Å². The Morgan fingerprint density at radius 1 is 1.42 bits per heavy atom. The summed E-state index contributed by atoms with van der Waals surface area (Å²) >= 11 is 0. The van der Waals surface area contributed by atoms with Gasteiger partial charge in [-0.1, -0.05) is 20.8 Å². The van der Waals surface area contributed by atoms with Crippen LogP contribution >= 0.6 is 0 Å². The summed E-state index contributed by atoms with van der Waals surface area (Å²) in [6.07, 6.45) is 3.85. The van der Waals surface area contributed by atoms with Crippen molar-refractivity contribution in [1.29, 1.82) is 0 Å². The van der Waals surface area contributed by atoms with Crippen LogP contribution in [-0.4, -0.2) is 28.9 Å². The Labute approximate surface area is 113 Å². The van der Waals surface area contributed by atoms with Crippen LogP contribution < -0.4 is 10.2 Å². The minimum Gasteiger partial charge on any atom is -0.342 e. The quantitative estimate of drug-likeness (QED) is 0.893. The number of pyridine rings is 1. The number of aromatic nitrogens is 1. The van der Waals surface area contributed by atoms with Gasteiger partial charge in [-0.05, 0) is 24.5 Å². The summed E-state index contributed by atoms with van der Waals surface area (Å²) in [7, 11) is 0. The number of hydrogen-bond acceptors (Lipinski definition) is 3. The second kappa shape index (κ2) is 5.38. The lowest BCUT2D eigenvalue weighted by Gasteiger charge is -2.39. The lowest BCUT2D eigenvalue weighted by Crippen LogP contribution is -2.64. The third-order valence-electron chi connectivity index (χ3n) is 3.39. The number of carbonyl (C=O) groups excluding carboxylic acids is 2. The Kier molecular flexibility index (Phi) is 3.83. The van der Waals surface area contributed by atoms with Gasteiger partial charge in [0.05, 0.1) is 11.9 Å². The highest BCUT2D eigenvalue weighted by atomic mass is 16.2. The van der Waals surface area contributed by atoms with Crippen molar-refractivity contribution < 1.29 is 9.59 Å². The van der Waals surface area contributed by atoms with Gasteiger partial charge in [-0.15, -0.1) is 0 Å². The highest BCUT2D eigenvalue weighted by Crippen LogP contribution is 2.24. The van der Waals surface area contributed by atoms with Crippen molar-refractivity contribution in [3.8, 4) is 0 Å². The van der Waals surface area contributed by atoms with E-state index in [9.17, 15) is 9.59 Å². The van der Waals surface area contributed by atoms with E-state index < -0.39 is 12.1 Å².